The predicted molar refractivity (Wildman–Crippen MR) is 74.5 cm³/mol. The van der Waals surface area contributed by atoms with E-state index in [0.717, 1.165) is 25.7 Å². The number of aromatic amines is 1. The fraction of sp³-hybridized carbons (Fsp3) is 0.769. The lowest BCUT2D eigenvalue weighted by atomic mass is 9.95. The first kappa shape index (κ1) is 14.5. The predicted octanol–water partition coefficient (Wildman–Crippen LogP) is 2.37. The van der Waals surface area contributed by atoms with Gasteiger partial charge in [-0.2, -0.15) is 9.40 Å². The highest BCUT2D eigenvalue weighted by Gasteiger charge is 2.34. The van der Waals surface area contributed by atoms with Crippen molar-refractivity contribution in [3.05, 3.63) is 11.4 Å². The van der Waals surface area contributed by atoms with Crippen molar-refractivity contribution in [3.8, 4) is 0 Å². The first-order valence-corrected chi connectivity index (χ1v) is 8.46. The van der Waals surface area contributed by atoms with E-state index in [2.05, 4.69) is 10.2 Å². The number of aromatic nitrogens is 2. The summed E-state index contributed by atoms with van der Waals surface area (Å²) in [5.74, 6) is 0. The van der Waals surface area contributed by atoms with Gasteiger partial charge in [0.25, 0.3) is 0 Å². The third-order valence-corrected chi connectivity index (χ3v) is 6.21. The zero-order valence-electron chi connectivity index (χ0n) is 11.9. The molecule has 1 saturated carbocycles. The van der Waals surface area contributed by atoms with E-state index in [1.54, 1.807) is 18.2 Å². The summed E-state index contributed by atoms with van der Waals surface area (Å²) in [6.07, 6.45) is 5.42. The molecule has 0 atom stereocenters. The van der Waals surface area contributed by atoms with Gasteiger partial charge >= 0.3 is 0 Å². The summed E-state index contributed by atoms with van der Waals surface area (Å²) >= 11 is 0. The second-order valence-electron chi connectivity index (χ2n) is 5.26. The van der Waals surface area contributed by atoms with Crippen molar-refractivity contribution in [1.82, 2.24) is 14.5 Å². The Labute approximate surface area is 115 Å². The molecule has 2 rings (SSSR count). The number of hydrogen-bond donors (Lipinski definition) is 1. The highest BCUT2D eigenvalue weighted by molar-refractivity contribution is 7.89. The lowest BCUT2D eigenvalue weighted by Crippen LogP contribution is -2.41. The zero-order chi connectivity index (χ0) is 14.0. The monoisotopic (exact) mass is 285 g/mol. The molecule has 1 aromatic heterocycles. The molecular formula is C13H23N3O2S. The smallest absolute Gasteiger partial charge is 0.246 e. The molecule has 0 spiro atoms. The third-order valence-electron chi connectivity index (χ3n) is 3.92. The van der Waals surface area contributed by atoms with E-state index in [-0.39, 0.29) is 6.04 Å². The second-order valence-corrected chi connectivity index (χ2v) is 7.09. The average Bonchev–Trinajstić information content (AvgIpc) is 2.71. The maximum Gasteiger partial charge on any atom is 0.246 e. The van der Waals surface area contributed by atoms with Crippen LogP contribution in [0.15, 0.2) is 4.90 Å². The van der Waals surface area contributed by atoms with Crippen LogP contribution >= 0.6 is 0 Å². The maximum absolute atomic E-state index is 12.8. The zero-order valence-corrected chi connectivity index (χ0v) is 12.8. The van der Waals surface area contributed by atoms with Gasteiger partial charge in [0.05, 0.1) is 11.4 Å². The number of hydrogen-bond acceptors (Lipinski definition) is 3. The van der Waals surface area contributed by atoms with E-state index >= 15 is 0 Å². The Morgan fingerprint density at radius 1 is 1.26 bits per heavy atom. The number of nitrogens with zero attached hydrogens (tertiary/aromatic N) is 2. The molecule has 0 saturated heterocycles. The first-order valence-electron chi connectivity index (χ1n) is 7.02. The van der Waals surface area contributed by atoms with Crippen molar-refractivity contribution in [2.45, 2.75) is 63.8 Å². The molecule has 1 aliphatic carbocycles. The van der Waals surface area contributed by atoms with Crippen molar-refractivity contribution in [1.29, 1.82) is 0 Å². The van der Waals surface area contributed by atoms with Gasteiger partial charge in [0.2, 0.25) is 10.0 Å². The Hall–Kier alpha value is -0.880. The minimum absolute atomic E-state index is 0.150. The van der Waals surface area contributed by atoms with E-state index in [0.29, 0.717) is 22.8 Å². The van der Waals surface area contributed by atoms with E-state index < -0.39 is 10.0 Å². The van der Waals surface area contributed by atoms with Gasteiger partial charge in [-0.1, -0.05) is 26.2 Å². The maximum atomic E-state index is 12.8. The highest BCUT2D eigenvalue weighted by Crippen LogP contribution is 2.29. The van der Waals surface area contributed by atoms with Gasteiger partial charge in [-0.05, 0) is 26.7 Å². The molecule has 0 unspecified atom stereocenters. The van der Waals surface area contributed by atoms with Crippen LogP contribution in [0.3, 0.4) is 0 Å². The van der Waals surface area contributed by atoms with Crippen LogP contribution in [0.2, 0.25) is 0 Å². The fourth-order valence-electron chi connectivity index (χ4n) is 3.03. The standard InChI is InChI=1S/C13H23N3O2S/c1-4-16(12-8-6-5-7-9-12)19(17,18)13-10(2)14-15-11(13)3/h12H,4-9H2,1-3H3,(H,14,15). The summed E-state index contributed by atoms with van der Waals surface area (Å²) in [6.45, 7) is 5.95. The number of nitrogens with one attached hydrogen (secondary N) is 1. The minimum Gasteiger partial charge on any atom is -0.281 e. The van der Waals surface area contributed by atoms with Crippen molar-refractivity contribution >= 4 is 10.0 Å². The molecule has 108 valence electrons. The lowest BCUT2D eigenvalue weighted by molar-refractivity contribution is 0.261. The normalized spacial score (nSPS) is 18.1. The summed E-state index contributed by atoms with van der Waals surface area (Å²) in [7, 11) is -3.43. The second kappa shape index (κ2) is 5.63. The van der Waals surface area contributed by atoms with Gasteiger partial charge in [-0.15, -0.1) is 0 Å². The van der Waals surface area contributed by atoms with Crippen LogP contribution in [0.25, 0.3) is 0 Å². The van der Waals surface area contributed by atoms with Gasteiger partial charge in [0.1, 0.15) is 4.90 Å². The Balaban J connectivity index is 2.36. The van der Waals surface area contributed by atoms with Crippen molar-refractivity contribution < 1.29 is 8.42 Å². The average molecular weight is 285 g/mol. The number of H-pyrrole nitrogens is 1. The summed E-state index contributed by atoms with van der Waals surface area (Å²) in [6, 6.07) is 0.150. The molecule has 0 radical (unpaired) electrons. The van der Waals surface area contributed by atoms with Gasteiger partial charge in [-0.25, -0.2) is 8.42 Å². The molecule has 6 heteroatoms. The topological polar surface area (TPSA) is 66.1 Å². The first-order chi connectivity index (χ1) is 8.98. The highest BCUT2D eigenvalue weighted by atomic mass is 32.2. The van der Waals surface area contributed by atoms with Crippen molar-refractivity contribution in [2.75, 3.05) is 6.54 Å². The number of sulfonamides is 1. The Morgan fingerprint density at radius 3 is 2.37 bits per heavy atom. The van der Waals surface area contributed by atoms with Crippen LogP contribution in [0.5, 0.6) is 0 Å². The molecule has 1 fully saturated rings. The molecule has 5 nitrogen and oxygen atoms in total. The van der Waals surface area contributed by atoms with Crippen molar-refractivity contribution in [2.24, 2.45) is 0 Å². The summed E-state index contributed by atoms with van der Waals surface area (Å²) < 4.78 is 27.3. The fourth-order valence-corrected chi connectivity index (χ4v) is 5.06. The number of rotatable bonds is 4. The van der Waals surface area contributed by atoms with Crippen LogP contribution in [0, 0.1) is 13.8 Å². The lowest BCUT2D eigenvalue weighted by Gasteiger charge is -2.32. The van der Waals surface area contributed by atoms with Gasteiger partial charge in [-0.3, -0.25) is 5.10 Å². The summed E-state index contributed by atoms with van der Waals surface area (Å²) in [5.41, 5.74) is 1.19. The Kier molecular flexibility index (Phi) is 4.30. The molecule has 0 aromatic carbocycles. The molecule has 19 heavy (non-hydrogen) atoms. The van der Waals surface area contributed by atoms with Crippen LogP contribution in [-0.4, -0.2) is 35.5 Å². The quantitative estimate of drug-likeness (QED) is 0.923. The summed E-state index contributed by atoms with van der Waals surface area (Å²) in [5, 5.41) is 6.78. The largest absolute Gasteiger partial charge is 0.281 e. The van der Waals surface area contributed by atoms with Crippen LogP contribution < -0.4 is 0 Å². The van der Waals surface area contributed by atoms with E-state index in [1.807, 2.05) is 6.92 Å². The molecule has 1 heterocycles. The van der Waals surface area contributed by atoms with Gasteiger partial charge in [0.15, 0.2) is 0 Å². The molecule has 0 amide bonds. The minimum atomic E-state index is -3.43. The van der Waals surface area contributed by atoms with Crippen LogP contribution in [0.1, 0.15) is 50.4 Å². The van der Waals surface area contributed by atoms with E-state index in [1.165, 1.54) is 6.42 Å². The number of aryl methyl sites for hydroxylation is 2. The van der Waals surface area contributed by atoms with Crippen LogP contribution in [-0.2, 0) is 10.0 Å². The Morgan fingerprint density at radius 2 is 1.89 bits per heavy atom. The molecular weight excluding hydrogens is 262 g/mol. The molecule has 1 N–H and O–H groups in total. The van der Waals surface area contributed by atoms with Crippen LogP contribution in [0.4, 0.5) is 0 Å². The molecule has 0 aliphatic heterocycles. The van der Waals surface area contributed by atoms with E-state index in [4.69, 9.17) is 0 Å². The van der Waals surface area contributed by atoms with Crippen molar-refractivity contribution in [3.63, 3.8) is 0 Å². The van der Waals surface area contributed by atoms with Gasteiger partial charge in [0, 0.05) is 12.6 Å². The molecule has 0 bridgehead atoms. The Bertz CT molecular complexity index is 511. The molecule has 1 aliphatic rings. The summed E-state index contributed by atoms with van der Waals surface area (Å²) in [4.78, 5) is 0.361. The molecule has 1 aromatic rings. The van der Waals surface area contributed by atoms with E-state index in [9.17, 15) is 8.42 Å². The SMILES string of the molecule is CCN(C1CCCCC1)S(=O)(=O)c1c(C)n[nH]c1C. The third kappa shape index (κ3) is 2.69. The van der Waals surface area contributed by atoms with Gasteiger partial charge < -0.3 is 0 Å².